The van der Waals surface area contributed by atoms with Gasteiger partial charge >= 0.3 is 0 Å². The van der Waals surface area contributed by atoms with Crippen LogP contribution in [0.3, 0.4) is 0 Å². The molecule has 0 bridgehead atoms. The third-order valence-corrected chi connectivity index (χ3v) is 6.45. The highest BCUT2D eigenvalue weighted by Crippen LogP contribution is 2.25. The van der Waals surface area contributed by atoms with Gasteiger partial charge in [-0.1, -0.05) is 11.6 Å². The largest absolute Gasteiger partial charge is 0.301 e. The molecule has 1 aliphatic heterocycles. The van der Waals surface area contributed by atoms with Crippen LogP contribution in [0.25, 0.3) is 0 Å². The molecule has 7 heteroatoms. The summed E-state index contributed by atoms with van der Waals surface area (Å²) in [6, 6.07) is 5.14. The second-order valence-electron chi connectivity index (χ2n) is 5.67. The fourth-order valence-corrected chi connectivity index (χ4v) is 4.24. The number of nitrogens with one attached hydrogen (secondary N) is 1. The summed E-state index contributed by atoms with van der Waals surface area (Å²) in [5.74, 6) is 0.373. The fourth-order valence-electron chi connectivity index (χ4n) is 2.45. The Morgan fingerprint density at radius 1 is 1.48 bits per heavy atom. The molecular weight excluding hydrogens is 376 g/mol. The first-order chi connectivity index (χ1) is 9.79. The Hall–Kier alpha value is -0.140. The van der Waals surface area contributed by atoms with Crippen molar-refractivity contribution in [1.29, 1.82) is 0 Å². The molecule has 0 aromatic heterocycles. The summed E-state index contributed by atoms with van der Waals surface area (Å²) in [4.78, 5) is 2.61. The Labute approximate surface area is 140 Å². The first kappa shape index (κ1) is 17.2. The number of benzene rings is 1. The lowest BCUT2D eigenvalue weighted by Gasteiger charge is -2.20. The van der Waals surface area contributed by atoms with Crippen molar-refractivity contribution in [2.75, 3.05) is 19.6 Å². The van der Waals surface area contributed by atoms with Crippen LogP contribution >= 0.6 is 27.5 Å². The summed E-state index contributed by atoms with van der Waals surface area (Å²) in [5, 5.41) is 0.498. The molecule has 1 atom stereocenters. The number of likely N-dealkylation sites (tertiary alicyclic amines) is 1. The van der Waals surface area contributed by atoms with Crippen molar-refractivity contribution in [3.05, 3.63) is 27.7 Å². The number of sulfonamides is 1. The summed E-state index contributed by atoms with van der Waals surface area (Å²) < 4.78 is 27.8. The van der Waals surface area contributed by atoms with Gasteiger partial charge in [0.15, 0.2) is 0 Å². The van der Waals surface area contributed by atoms with Gasteiger partial charge in [-0.3, -0.25) is 0 Å². The second kappa shape index (κ2) is 6.96. The lowest BCUT2D eigenvalue weighted by Crippen LogP contribution is -2.33. The summed E-state index contributed by atoms with van der Waals surface area (Å²) in [6.45, 7) is 6.79. The Morgan fingerprint density at radius 2 is 2.19 bits per heavy atom. The van der Waals surface area contributed by atoms with Crippen LogP contribution in [0, 0.1) is 5.92 Å². The highest BCUT2D eigenvalue weighted by Gasteiger charge is 2.25. The van der Waals surface area contributed by atoms with E-state index in [1.165, 1.54) is 12.1 Å². The molecule has 0 spiro atoms. The van der Waals surface area contributed by atoms with Gasteiger partial charge in [-0.2, -0.15) is 0 Å². The Kier molecular flexibility index (Phi) is 5.71. The molecule has 21 heavy (non-hydrogen) atoms. The van der Waals surface area contributed by atoms with E-state index in [9.17, 15) is 8.42 Å². The average Bonchev–Trinajstić information content (AvgIpc) is 2.89. The van der Waals surface area contributed by atoms with E-state index in [2.05, 4.69) is 39.4 Å². The van der Waals surface area contributed by atoms with Crippen molar-refractivity contribution in [2.45, 2.75) is 31.2 Å². The van der Waals surface area contributed by atoms with Crippen LogP contribution in [-0.2, 0) is 10.0 Å². The number of rotatable bonds is 5. The van der Waals surface area contributed by atoms with Gasteiger partial charge < -0.3 is 4.90 Å². The van der Waals surface area contributed by atoms with Gasteiger partial charge in [0, 0.05) is 23.6 Å². The zero-order valence-electron chi connectivity index (χ0n) is 12.1. The van der Waals surface area contributed by atoms with E-state index >= 15 is 0 Å². The van der Waals surface area contributed by atoms with Crippen LogP contribution in [0.5, 0.6) is 0 Å². The Balaban J connectivity index is 1.97. The zero-order valence-corrected chi connectivity index (χ0v) is 15.3. The van der Waals surface area contributed by atoms with Crippen molar-refractivity contribution in [1.82, 2.24) is 9.62 Å². The van der Waals surface area contributed by atoms with Crippen LogP contribution in [-0.4, -0.2) is 39.0 Å². The summed E-state index contributed by atoms with van der Waals surface area (Å²) >= 11 is 9.14. The van der Waals surface area contributed by atoms with Gasteiger partial charge in [-0.05, 0) is 66.9 Å². The second-order valence-corrected chi connectivity index (χ2v) is 8.70. The highest BCUT2D eigenvalue weighted by molar-refractivity contribution is 9.10. The minimum absolute atomic E-state index is 0.234. The van der Waals surface area contributed by atoms with E-state index in [1.54, 1.807) is 6.07 Å². The maximum atomic E-state index is 12.3. The minimum atomic E-state index is -3.48. The lowest BCUT2D eigenvalue weighted by molar-refractivity contribution is 0.265. The van der Waals surface area contributed by atoms with Crippen molar-refractivity contribution >= 4 is 37.6 Å². The topological polar surface area (TPSA) is 49.4 Å². The molecular formula is C14H20BrClN2O2S. The monoisotopic (exact) mass is 394 g/mol. The highest BCUT2D eigenvalue weighted by atomic mass is 79.9. The summed E-state index contributed by atoms with van der Waals surface area (Å²) in [6.07, 6.45) is 1.03. The number of nitrogens with zero attached hydrogens (tertiary/aromatic N) is 1. The number of hydrogen-bond acceptors (Lipinski definition) is 3. The third kappa shape index (κ3) is 4.42. The summed E-state index contributed by atoms with van der Waals surface area (Å²) in [7, 11) is -3.48. The zero-order chi connectivity index (χ0) is 15.6. The SMILES string of the molecule is CC(C)N1CCC(CNS(=O)(=O)c2ccc(Cl)c(Br)c2)C1. The predicted molar refractivity (Wildman–Crippen MR) is 89.2 cm³/mol. The molecule has 1 heterocycles. The van der Waals surface area contributed by atoms with Crippen LogP contribution in [0.2, 0.25) is 5.02 Å². The Morgan fingerprint density at radius 3 is 2.76 bits per heavy atom. The van der Waals surface area contributed by atoms with E-state index in [0.717, 1.165) is 19.5 Å². The van der Waals surface area contributed by atoms with E-state index < -0.39 is 10.0 Å². The normalized spacial score (nSPS) is 20.3. The van der Waals surface area contributed by atoms with Crippen molar-refractivity contribution in [3.63, 3.8) is 0 Å². The molecule has 0 saturated carbocycles. The molecule has 1 aliphatic rings. The van der Waals surface area contributed by atoms with Crippen molar-refractivity contribution in [3.8, 4) is 0 Å². The quantitative estimate of drug-likeness (QED) is 0.833. The molecule has 1 aromatic rings. The molecule has 0 aliphatic carbocycles. The van der Waals surface area contributed by atoms with E-state index in [1.807, 2.05) is 0 Å². The van der Waals surface area contributed by atoms with Crippen LogP contribution in [0.15, 0.2) is 27.6 Å². The van der Waals surface area contributed by atoms with E-state index in [0.29, 0.717) is 28.0 Å². The first-order valence-corrected chi connectivity index (χ1v) is 9.64. The molecule has 0 radical (unpaired) electrons. The molecule has 118 valence electrons. The minimum Gasteiger partial charge on any atom is -0.301 e. The molecule has 0 amide bonds. The number of halogens is 2. The van der Waals surface area contributed by atoms with Gasteiger partial charge in [0.2, 0.25) is 10.0 Å². The molecule has 1 aromatic carbocycles. The van der Waals surface area contributed by atoms with Gasteiger partial charge in [-0.25, -0.2) is 13.1 Å². The van der Waals surface area contributed by atoms with Gasteiger partial charge in [-0.15, -0.1) is 0 Å². The van der Waals surface area contributed by atoms with Gasteiger partial charge in [0.05, 0.1) is 9.92 Å². The fraction of sp³-hybridized carbons (Fsp3) is 0.571. The Bertz CT molecular complexity index is 607. The van der Waals surface area contributed by atoms with E-state index in [4.69, 9.17) is 11.6 Å². The van der Waals surface area contributed by atoms with Crippen LogP contribution in [0.4, 0.5) is 0 Å². The third-order valence-electron chi connectivity index (χ3n) is 3.81. The molecule has 2 rings (SSSR count). The first-order valence-electron chi connectivity index (χ1n) is 6.98. The van der Waals surface area contributed by atoms with Crippen molar-refractivity contribution < 1.29 is 8.42 Å². The molecule has 1 N–H and O–H groups in total. The average molecular weight is 396 g/mol. The van der Waals surface area contributed by atoms with Gasteiger partial charge in [0.1, 0.15) is 0 Å². The van der Waals surface area contributed by atoms with Crippen LogP contribution in [0.1, 0.15) is 20.3 Å². The summed E-state index contributed by atoms with van der Waals surface area (Å²) in [5.41, 5.74) is 0. The molecule has 1 saturated heterocycles. The standard InChI is InChI=1S/C14H20BrClN2O2S/c1-10(2)18-6-5-11(9-18)8-17-21(19,20)12-3-4-14(16)13(15)7-12/h3-4,7,10-11,17H,5-6,8-9H2,1-2H3. The number of hydrogen-bond donors (Lipinski definition) is 1. The maximum absolute atomic E-state index is 12.3. The lowest BCUT2D eigenvalue weighted by atomic mass is 10.1. The van der Waals surface area contributed by atoms with Gasteiger partial charge in [0.25, 0.3) is 0 Å². The van der Waals surface area contributed by atoms with E-state index in [-0.39, 0.29) is 4.90 Å². The molecule has 1 unspecified atom stereocenters. The van der Waals surface area contributed by atoms with Crippen molar-refractivity contribution in [2.24, 2.45) is 5.92 Å². The van der Waals surface area contributed by atoms with Crippen LogP contribution < -0.4 is 4.72 Å². The maximum Gasteiger partial charge on any atom is 0.240 e. The predicted octanol–water partition coefficient (Wildman–Crippen LogP) is 3.11. The molecule has 1 fully saturated rings. The molecule has 4 nitrogen and oxygen atoms in total. The smallest absolute Gasteiger partial charge is 0.240 e.